The Morgan fingerprint density at radius 1 is 1.29 bits per heavy atom. The molecule has 1 saturated heterocycles. The molecular formula is C16H23N5. The molecular weight excluding hydrogens is 262 g/mol. The Morgan fingerprint density at radius 3 is 2.90 bits per heavy atom. The van der Waals surface area contributed by atoms with Gasteiger partial charge in [0, 0.05) is 13.1 Å². The highest BCUT2D eigenvalue weighted by molar-refractivity contribution is 5.28. The number of nitrogens with one attached hydrogen (secondary N) is 1. The van der Waals surface area contributed by atoms with Crippen molar-refractivity contribution in [2.24, 2.45) is 5.92 Å². The van der Waals surface area contributed by atoms with Crippen LogP contribution in [0.15, 0.2) is 36.5 Å². The molecule has 0 saturated carbocycles. The molecule has 1 aromatic carbocycles. The van der Waals surface area contributed by atoms with Gasteiger partial charge in [0.05, 0.1) is 17.6 Å². The van der Waals surface area contributed by atoms with Crippen LogP contribution in [0, 0.1) is 5.92 Å². The predicted octanol–water partition coefficient (Wildman–Crippen LogP) is 1.70. The molecule has 0 bridgehead atoms. The van der Waals surface area contributed by atoms with E-state index in [0.717, 1.165) is 30.4 Å². The third-order valence-corrected chi connectivity index (χ3v) is 4.08. The quantitative estimate of drug-likeness (QED) is 0.877. The lowest BCUT2D eigenvalue weighted by molar-refractivity contribution is 0.338. The van der Waals surface area contributed by atoms with Gasteiger partial charge >= 0.3 is 0 Å². The van der Waals surface area contributed by atoms with E-state index in [1.807, 2.05) is 36.5 Å². The Hall–Kier alpha value is -1.72. The largest absolute Gasteiger partial charge is 0.311 e. The first-order valence-corrected chi connectivity index (χ1v) is 7.75. The molecule has 1 atom stereocenters. The first kappa shape index (κ1) is 14.2. The van der Waals surface area contributed by atoms with E-state index in [4.69, 9.17) is 0 Å². The van der Waals surface area contributed by atoms with Gasteiger partial charge in [-0.3, -0.25) is 0 Å². The molecule has 5 heteroatoms. The molecule has 2 aromatic rings. The second-order valence-electron chi connectivity index (χ2n) is 5.64. The molecule has 1 aliphatic rings. The maximum atomic E-state index is 4.51. The Kier molecular flexibility index (Phi) is 4.62. The molecule has 112 valence electrons. The standard InChI is InChI=1S/C16H23N5/c1-2-20-9-8-14(13-20)10-17-11-15-12-18-21(19-15)16-6-4-3-5-7-16/h3-7,12,14,17H,2,8-11,13H2,1H3. The molecule has 1 N–H and O–H groups in total. The molecule has 1 aliphatic heterocycles. The molecule has 1 fully saturated rings. The van der Waals surface area contributed by atoms with Crippen LogP contribution in [0.1, 0.15) is 19.0 Å². The number of hydrogen-bond acceptors (Lipinski definition) is 4. The van der Waals surface area contributed by atoms with Crippen LogP contribution in [0.2, 0.25) is 0 Å². The summed E-state index contributed by atoms with van der Waals surface area (Å²) in [6.07, 6.45) is 3.14. The minimum atomic E-state index is 0.772. The van der Waals surface area contributed by atoms with Crippen molar-refractivity contribution in [3.8, 4) is 5.69 Å². The molecule has 1 aromatic heterocycles. The highest BCUT2D eigenvalue weighted by Gasteiger charge is 2.20. The normalized spacial score (nSPS) is 19.2. The van der Waals surface area contributed by atoms with Gasteiger partial charge in [0.2, 0.25) is 0 Å². The van der Waals surface area contributed by atoms with Gasteiger partial charge in [-0.05, 0) is 44.1 Å². The molecule has 1 unspecified atom stereocenters. The highest BCUT2D eigenvalue weighted by Crippen LogP contribution is 2.14. The van der Waals surface area contributed by atoms with Crippen molar-refractivity contribution < 1.29 is 0 Å². The number of para-hydroxylation sites is 1. The van der Waals surface area contributed by atoms with Gasteiger partial charge in [0.25, 0.3) is 0 Å². The number of nitrogens with zero attached hydrogens (tertiary/aromatic N) is 4. The van der Waals surface area contributed by atoms with E-state index in [-0.39, 0.29) is 0 Å². The average Bonchev–Trinajstić information content (AvgIpc) is 3.17. The molecule has 2 heterocycles. The summed E-state index contributed by atoms with van der Waals surface area (Å²) in [4.78, 5) is 4.20. The van der Waals surface area contributed by atoms with Crippen molar-refractivity contribution in [1.29, 1.82) is 0 Å². The Bertz CT molecular complexity index is 551. The Labute approximate surface area is 126 Å². The van der Waals surface area contributed by atoms with Crippen molar-refractivity contribution >= 4 is 0 Å². The lowest BCUT2D eigenvalue weighted by atomic mass is 10.1. The minimum absolute atomic E-state index is 0.772. The van der Waals surface area contributed by atoms with E-state index >= 15 is 0 Å². The predicted molar refractivity (Wildman–Crippen MR) is 83.3 cm³/mol. The van der Waals surface area contributed by atoms with Crippen LogP contribution in [0.3, 0.4) is 0 Å². The van der Waals surface area contributed by atoms with Crippen LogP contribution in [0.5, 0.6) is 0 Å². The summed E-state index contributed by atoms with van der Waals surface area (Å²) in [5.74, 6) is 0.772. The fourth-order valence-corrected chi connectivity index (χ4v) is 2.83. The number of aromatic nitrogens is 3. The molecule has 0 aliphatic carbocycles. The second kappa shape index (κ2) is 6.83. The molecule has 0 spiro atoms. The third-order valence-electron chi connectivity index (χ3n) is 4.08. The number of rotatable bonds is 6. The lowest BCUT2D eigenvalue weighted by Gasteiger charge is -2.13. The number of likely N-dealkylation sites (tertiary alicyclic amines) is 1. The van der Waals surface area contributed by atoms with Crippen LogP contribution in [0.25, 0.3) is 5.69 Å². The second-order valence-corrected chi connectivity index (χ2v) is 5.64. The van der Waals surface area contributed by atoms with Crippen LogP contribution >= 0.6 is 0 Å². The zero-order valence-electron chi connectivity index (χ0n) is 12.6. The van der Waals surface area contributed by atoms with E-state index in [9.17, 15) is 0 Å². The maximum Gasteiger partial charge on any atom is 0.0969 e. The highest BCUT2D eigenvalue weighted by atomic mass is 15.5. The summed E-state index contributed by atoms with van der Waals surface area (Å²) in [5.41, 5.74) is 1.99. The average molecular weight is 285 g/mol. The summed E-state index contributed by atoms with van der Waals surface area (Å²) in [6.45, 7) is 7.72. The van der Waals surface area contributed by atoms with Crippen LogP contribution < -0.4 is 5.32 Å². The van der Waals surface area contributed by atoms with Crippen molar-refractivity contribution in [1.82, 2.24) is 25.2 Å². The fourth-order valence-electron chi connectivity index (χ4n) is 2.83. The Morgan fingerprint density at radius 2 is 2.14 bits per heavy atom. The first-order valence-electron chi connectivity index (χ1n) is 7.75. The Balaban J connectivity index is 1.47. The van der Waals surface area contributed by atoms with Crippen LogP contribution in [0.4, 0.5) is 0 Å². The van der Waals surface area contributed by atoms with Crippen molar-refractivity contribution in [3.05, 3.63) is 42.2 Å². The lowest BCUT2D eigenvalue weighted by Crippen LogP contribution is -2.26. The molecule has 0 amide bonds. The van der Waals surface area contributed by atoms with Gasteiger partial charge in [0.15, 0.2) is 0 Å². The van der Waals surface area contributed by atoms with Crippen molar-refractivity contribution in [2.45, 2.75) is 19.9 Å². The summed E-state index contributed by atoms with van der Waals surface area (Å²) in [5, 5.41) is 12.3. The SMILES string of the molecule is CCN1CCC(CNCc2cnn(-c3ccccc3)n2)C1. The topological polar surface area (TPSA) is 46.0 Å². The fraction of sp³-hybridized carbons (Fsp3) is 0.500. The van der Waals surface area contributed by atoms with E-state index in [0.29, 0.717) is 0 Å². The summed E-state index contributed by atoms with van der Waals surface area (Å²) in [6, 6.07) is 10.0. The van der Waals surface area contributed by atoms with Gasteiger partial charge in [-0.1, -0.05) is 25.1 Å². The smallest absolute Gasteiger partial charge is 0.0969 e. The van der Waals surface area contributed by atoms with Crippen molar-refractivity contribution in [3.63, 3.8) is 0 Å². The summed E-state index contributed by atoms with van der Waals surface area (Å²) in [7, 11) is 0. The van der Waals surface area contributed by atoms with Gasteiger partial charge in [0.1, 0.15) is 0 Å². The maximum absolute atomic E-state index is 4.51. The third kappa shape index (κ3) is 3.68. The molecule has 0 radical (unpaired) electrons. The first-order chi connectivity index (χ1) is 10.3. The number of benzene rings is 1. The summed E-state index contributed by atoms with van der Waals surface area (Å²) < 4.78 is 0. The zero-order valence-corrected chi connectivity index (χ0v) is 12.6. The van der Waals surface area contributed by atoms with Gasteiger partial charge in [-0.25, -0.2) is 0 Å². The van der Waals surface area contributed by atoms with Crippen LogP contribution in [-0.2, 0) is 6.54 Å². The van der Waals surface area contributed by atoms with Gasteiger partial charge in [-0.15, -0.1) is 0 Å². The van der Waals surface area contributed by atoms with Gasteiger partial charge in [-0.2, -0.15) is 15.0 Å². The molecule has 5 nitrogen and oxygen atoms in total. The molecule has 3 rings (SSSR count). The van der Waals surface area contributed by atoms with Crippen molar-refractivity contribution in [2.75, 3.05) is 26.2 Å². The molecule has 21 heavy (non-hydrogen) atoms. The zero-order chi connectivity index (χ0) is 14.5. The van der Waals surface area contributed by atoms with E-state index in [2.05, 4.69) is 27.3 Å². The van der Waals surface area contributed by atoms with E-state index < -0.39 is 0 Å². The van der Waals surface area contributed by atoms with E-state index in [1.54, 1.807) is 4.80 Å². The number of hydrogen-bond donors (Lipinski definition) is 1. The van der Waals surface area contributed by atoms with Crippen LogP contribution in [-0.4, -0.2) is 46.1 Å². The monoisotopic (exact) mass is 285 g/mol. The summed E-state index contributed by atoms with van der Waals surface area (Å²) >= 11 is 0. The van der Waals surface area contributed by atoms with Gasteiger partial charge < -0.3 is 10.2 Å². The van der Waals surface area contributed by atoms with E-state index in [1.165, 1.54) is 26.1 Å². The minimum Gasteiger partial charge on any atom is -0.311 e.